The maximum absolute atomic E-state index is 3.83. The molecule has 4 rings (SSSR count). The summed E-state index contributed by atoms with van der Waals surface area (Å²) in [7, 11) is 0. The summed E-state index contributed by atoms with van der Waals surface area (Å²) in [6.45, 7) is 3.55. The normalized spacial score (nSPS) is 30.1. The second kappa shape index (κ2) is 4.11. The molecule has 0 amide bonds. The Morgan fingerprint density at radius 1 is 1.26 bits per heavy atom. The number of nitrogens with one attached hydrogen (secondary N) is 2. The molecular formula is C17H22N2. The first kappa shape index (κ1) is 11.5. The van der Waals surface area contributed by atoms with Gasteiger partial charge in [-0.2, -0.15) is 0 Å². The molecule has 2 heteroatoms. The van der Waals surface area contributed by atoms with E-state index in [9.17, 15) is 0 Å². The zero-order valence-electron chi connectivity index (χ0n) is 11.6. The molecule has 0 spiro atoms. The van der Waals surface area contributed by atoms with Crippen molar-refractivity contribution >= 4 is 10.9 Å². The second-order valence-electron chi connectivity index (χ2n) is 6.27. The highest BCUT2D eigenvalue weighted by Gasteiger charge is 2.44. The Hall–Kier alpha value is -1.28. The summed E-state index contributed by atoms with van der Waals surface area (Å²) in [5.41, 5.74) is 4.86. The van der Waals surface area contributed by atoms with Crippen LogP contribution in [0.3, 0.4) is 0 Å². The average Bonchev–Trinajstić information content (AvgIpc) is 2.85. The molecule has 2 aliphatic rings. The van der Waals surface area contributed by atoms with Gasteiger partial charge in [0.25, 0.3) is 0 Å². The molecule has 100 valence electrons. The quantitative estimate of drug-likeness (QED) is 0.792. The van der Waals surface area contributed by atoms with Crippen LogP contribution in [0.15, 0.2) is 24.3 Å². The Kier molecular flexibility index (Phi) is 2.49. The maximum atomic E-state index is 3.83. The highest BCUT2D eigenvalue weighted by atomic mass is 15.0. The maximum Gasteiger partial charge on any atom is 0.0459 e. The molecular weight excluding hydrogens is 232 g/mol. The van der Waals surface area contributed by atoms with Crippen molar-refractivity contribution in [1.29, 1.82) is 0 Å². The Labute approximate surface area is 114 Å². The fourth-order valence-electron chi connectivity index (χ4n) is 4.40. The minimum atomic E-state index is 0.496. The van der Waals surface area contributed by atoms with Gasteiger partial charge in [0.2, 0.25) is 0 Å². The number of aryl methyl sites for hydroxylation is 1. The predicted octanol–water partition coefficient (Wildman–Crippen LogP) is 3.94. The molecule has 0 saturated carbocycles. The van der Waals surface area contributed by atoms with Crippen molar-refractivity contribution in [3.63, 3.8) is 0 Å². The molecule has 0 radical (unpaired) electrons. The first-order valence-electron chi connectivity index (χ1n) is 7.67. The molecule has 2 N–H and O–H groups in total. The molecule has 1 aliphatic carbocycles. The molecule has 2 atom stereocenters. The molecule has 1 aromatic carbocycles. The largest absolute Gasteiger partial charge is 0.358 e. The van der Waals surface area contributed by atoms with Crippen LogP contribution in [0.25, 0.3) is 10.9 Å². The van der Waals surface area contributed by atoms with Gasteiger partial charge in [0.15, 0.2) is 0 Å². The Bertz CT molecular complexity index is 613. The molecule has 2 nitrogen and oxygen atoms in total. The molecule has 0 bridgehead atoms. The van der Waals surface area contributed by atoms with Crippen LogP contribution in [0.4, 0.5) is 0 Å². The van der Waals surface area contributed by atoms with E-state index in [0.29, 0.717) is 11.5 Å². The van der Waals surface area contributed by atoms with Gasteiger partial charge >= 0.3 is 0 Å². The van der Waals surface area contributed by atoms with Crippen LogP contribution in [-0.2, 0) is 6.42 Å². The Morgan fingerprint density at radius 3 is 3.05 bits per heavy atom. The van der Waals surface area contributed by atoms with Crippen LogP contribution in [0.1, 0.15) is 49.9 Å². The van der Waals surface area contributed by atoms with Gasteiger partial charge < -0.3 is 10.3 Å². The Morgan fingerprint density at radius 2 is 2.16 bits per heavy atom. The van der Waals surface area contributed by atoms with Crippen molar-refractivity contribution in [3.8, 4) is 0 Å². The van der Waals surface area contributed by atoms with E-state index in [1.54, 1.807) is 5.56 Å². The van der Waals surface area contributed by atoms with Gasteiger partial charge in [-0.3, -0.25) is 0 Å². The number of para-hydroxylation sites is 1. The summed E-state index contributed by atoms with van der Waals surface area (Å²) in [4.78, 5) is 3.65. The van der Waals surface area contributed by atoms with E-state index < -0.39 is 0 Å². The lowest BCUT2D eigenvalue weighted by molar-refractivity contribution is 0.104. The minimum Gasteiger partial charge on any atom is -0.358 e. The van der Waals surface area contributed by atoms with Crippen molar-refractivity contribution in [1.82, 2.24) is 10.3 Å². The van der Waals surface area contributed by atoms with Gasteiger partial charge in [0, 0.05) is 22.6 Å². The van der Waals surface area contributed by atoms with Crippen molar-refractivity contribution in [2.24, 2.45) is 5.41 Å². The summed E-state index contributed by atoms with van der Waals surface area (Å²) in [6.07, 6.45) is 6.57. The number of H-pyrrole nitrogens is 1. The lowest BCUT2D eigenvalue weighted by atomic mass is 9.63. The first-order chi connectivity index (χ1) is 9.34. The zero-order valence-corrected chi connectivity index (χ0v) is 11.6. The molecule has 1 saturated heterocycles. The summed E-state index contributed by atoms with van der Waals surface area (Å²) >= 11 is 0. The number of fused-ring (bicyclic) bond motifs is 5. The lowest BCUT2D eigenvalue weighted by Gasteiger charge is -2.47. The molecule has 19 heavy (non-hydrogen) atoms. The van der Waals surface area contributed by atoms with E-state index in [1.807, 2.05) is 0 Å². The topological polar surface area (TPSA) is 27.8 Å². The van der Waals surface area contributed by atoms with Crippen LogP contribution in [0, 0.1) is 5.41 Å². The molecule has 1 aromatic heterocycles. The van der Waals surface area contributed by atoms with Crippen LogP contribution in [0.5, 0.6) is 0 Å². The molecule has 2 heterocycles. The predicted molar refractivity (Wildman–Crippen MR) is 79.3 cm³/mol. The van der Waals surface area contributed by atoms with Crippen molar-refractivity contribution in [3.05, 3.63) is 35.5 Å². The standard InChI is InChI=1S/C17H22N2/c1-2-17-9-5-11-18-16(17)15-12-6-3-4-7-13(12)19-14(15)8-10-17/h3-4,6-7,16,18-19H,2,5,8-11H2,1H3. The van der Waals surface area contributed by atoms with E-state index in [1.165, 1.54) is 55.2 Å². The van der Waals surface area contributed by atoms with Gasteiger partial charge in [0.1, 0.15) is 0 Å². The minimum absolute atomic E-state index is 0.496. The summed E-state index contributed by atoms with van der Waals surface area (Å²) in [5, 5.41) is 5.27. The van der Waals surface area contributed by atoms with Crippen LogP contribution in [-0.4, -0.2) is 11.5 Å². The van der Waals surface area contributed by atoms with Crippen molar-refractivity contribution in [2.45, 2.75) is 45.1 Å². The summed E-state index contributed by atoms with van der Waals surface area (Å²) < 4.78 is 0. The number of hydrogen-bond donors (Lipinski definition) is 2. The van der Waals surface area contributed by atoms with Crippen molar-refractivity contribution in [2.75, 3.05) is 6.54 Å². The number of aromatic amines is 1. The second-order valence-corrected chi connectivity index (χ2v) is 6.27. The molecule has 1 aliphatic heterocycles. The van der Waals surface area contributed by atoms with Gasteiger partial charge in [-0.05, 0) is 55.7 Å². The highest BCUT2D eigenvalue weighted by molar-refractivity contribution is 5.85. The van der Waals surface area contributed by atoms with E-state index in [0.717, 1.165) is 0 Å². The fourth-order valence-corrected chi connectivity index (χ4v) is 4.40. The number of aromatic nitrogens is 1. The monoisotopic (exact) mass is 254 g/mol. The van der Waals surface area contributed by atoms with E-state index in [4.69, 9.17) is 0 Å². The number of benzene rings is 1. The zero-order chi connectivity index (χ0) is 12.9. The van der Waals surface area contributed by atoms with Crippen LogP contribution in [0.2, 0.25) is 0 Å². The van der Waals surface area contributed by atoms with Crippen molar-refractivity contribution < 1.29 is 0 Å². The molecule has 2 aromatic rings. The van der Waals surface area contributed by atoms with Gasteiger partial charge in [-0.25, -0.2) is 0 Å². The van der Waals surface area contributed by atoms with Crippen LogP contribution < -0.4 is 5.32 Å². The average molecular weight is 254 g/mol. The number of piperidine rings is 1. The SMILES string of the molecule is CCC12CCCNC1c1c([nH]c3ccccc13)CC2. The van der Waals surface area contributed by atoms with E-state index >= 15 is 0 Å². The smallest absolute Gasteiger partial charge is 0.0459 e. The fraction of sp³-hybridized carbons (Fsp3) is 0.529. The van der Waals surface area contributed by atoms with Gasteiger partial charge in [-0.1, -0.05) is 25.1 Å². The van der Waals surface area contributed by atoms with E-state index in [-0.39, 0.29) is 0 Å². The molecule has 2 unspecified atom stereocenters. The lowest BCUT2D eigenvalue weighted by Crippen LogP contribution is -2.45. The van der Waals surface area contributed by atoms with Crippen LogP contribution >= 0.6 is 0 Å². The van der Waals surface area contributed by atoms with Gasteiger partial charge in [-0.15, -0.1) is 0 Å². The summed E-state index contributed by atoms with van der Waals surface area (Å²) in [5.74, 6) is 0. The molecule has 1 fully saturated rings. The first-order valence-corrected chi connectivity index (χ1v) is 7.67. The summed E-state index contributed by atoms with van der Waals surface area (Å²) in [6, 6.07) is 9.36. The third-order valence-electron chi connectivity index (χ3n) is 5.51. The van der Waals surface area contributed by atoms with E-state index in [2.05, 4.69) is 41.5 Å². The Balaban J connectivity index is 1.93. The number of hydrogen-bond acceptors (Lipinski definition) is 1. The third-order valence-corrected chi connectivity index (χ3v) is 5.51. The van der Waals surface area contributed by atoms with Gasteiger partial charge in [0.05, 0.1) is 0 Å². The highest BCUT2D eigenvalue weighted by Crippen LogP contribution is 2.52. The number of rotatable bonds is 1. The third kappa shape index (κ3) is 1.53.